The number of hydrogen-bond acceptors (Lipinski definition) is 6. The predicted molar refractivity (Wildman–Crippen MR) is 138 cm³/mol. The number of ether oxygens (including phenoxy) is 1. The van der Waals surface area contributed by atoms with E-state index in [0.29, 0.717) is 41.0 Å². The lowest BCUT2D eigenvalue weighted by Gasteiger charge is -2.11. The van der Waals surface area contributed by atoms with Crippen molar-refractivity contribution in [2.75, 3.05) is 23.7 Å². The third kappa shape index (κ3) is 5.01. The normalized spacial score (nSPS) is 15.4. The van der Waals surface area contributed by atoms with E-state index in [1.807, 2.05) is 35.9 Å². The molecule has 1 aliphatic heterocycles. The van der Waals surface area contributed by atoms with Crippen molar-refractivity contribution in [3.63, 3.8) is 0 Å². The van der Waals surface area contributed by atoms with Crippen molar-refractivity contribution in [3.05, 3.63) is 66.1 Å². The van der Waals surface area contributed by atoms with Crippen LogP contribution in [0.3, 0.4) is 0 Å². The largest absolute Gasteiger partial charge is 0.457 e. The van der Waals surface area contributed by atoms with E-state index in [2.05, 4.69) is 39.8 Å². The first-order valence-electron chi connectivity index (χ1n) is 12.1. The number of amides is 1. The molecule has 0 saturated carbocycles. The molecular formula is C27H29FN6O2. The molecule has 0 bridgehead atoms. The van der Waals surface area contributed by atoms with Crippen LogP contribution < -0.4 is 20.7 Å². The van der Waals surface area contributed by atoms with E-state index in [1.165, 1.54) is 6.07 Å². The van der Waals surface area contributed by atoms with Crippen LogP contribution in [0.1, 0.15) is 31.7 Å². The Morgan fingerprint density at radius 2 is 2.00 bits per heavy atom. The Balaban J connectivity index is 1.34. The van der Waals surface area contributed by atoms with Crippen LogP contribution in [-0.2, 0) is 11.8 Å². The van der Waals surface area contributed by atoms with Crippen LogP contribution in [0, 0.1) is 11.7 Å². The summed E-state index contributed by atoms with van der Waals surface area (Å²) in [6.07, 6.45) is 2.41. The monoisotopic (exact) mass is 488 g/mol. The van der Waals surface area contributed by atoms with Crippen molar-refractivity contribution in [3.8, 4) is 11.5 Å². The summed E-state index contributed by atoms with van der Waals surface area (Å²) in [6, 6.07) is 14.1. The maximum atomic E-state index is 14.5. The van der Waals surface area contributed by atoms with Gasteiger partial charge in [0.15, 0.2) is 0 Å². The topological polar surface area (TPSA) is 93.1 Å². The minimum absolute atomic E-state index is 0.0463. The number of carbonyl (C=O) groups is 1. The van der Waals surface area contributed by atoms with Crippen LogP contribution in [0.2, 0.25) is 0 Å². The van der Waals surface area contributed by atoms with Gasteiger partial charge in [0.25, 0.3) is 0 Å². The van der Waals surface area contributed by atoms with Crippen molar-refractivity contribution in [1.29, 1.82) is 0 Å². The Bertz CT molecular complexity index is 1410. The number of anilines is 3. The first-order chi connectivity index (χ1) is 17.4. The van der Waals surface area contributed by atoms with Crippen molar-refractivity contribution in [2.45, 2.75) is 26.2 Å². The molecule has 1 aliphatic rings. The number of nitrogens with one attached hydrogen (secondary N) is 3. The zero-order valence-corrected chi connectivity index (χ0v) is 20.5. The maximum Gasteiger partial charge on any atom is 0.229 e. The highest BCUT2D eigenvalue weighted by atomic mass is 19.1. The van der Waals surface area contributed by atoms with E-state index in [0.717, 1.165) is 24.0 Å². The molecule has 2 aromatic carbocycles. The van der Waals surface area contributed by atoms with E-state index in [1.54, 1.807) is 24.4 Å². The number of fused-ring (bicyclic) bond motifs is 1. The summed E-state index contributed by atoms with van der Waals surface area (Å²) in [6.45, 7) is 5.67. The van der Waals surface area contributed by atoms with Gasteiger partial charge in [0.2, 0.25) is 11.9 Å². The van der Waals surface area contributed by atoms with Gasteiger partial charge >= 0.3 is 0 Å². The van der Waals surface area contributed by atoms with Gasteiger partial charge in [-0.15, -0.1) is 0 Å². The van der Waals surface area contributed by atoms with Crippen LogP contribution >= 0.6 is 0 Å². The molecule has 0 spiro atoms. The summed E-state index contributed by atoms with van der Waals surface area (Å²) in [5, 5.41) is 9.18. The molecule has 1 amide bonds. The number of hydrogen-bond donors (Lipinski definition) is 3. The summed E-state index contributed by atoms with van der Waals surface area (Å²) in [5.74, 6) is 1.96. The van der Waals surface area contributed by atoms with Crippen LogP contribution in [0.15, 0.2) is 54.7 Å². The zero-order chi connectivity index (χ0) is 25.2. The number of imidazole rings is 1. The number of carbonyl (C=O) groups excluding carboxylic acids is 1. The quantitative estimate of drug-likeness (QED) is 0.326. The van der Waals surface area contributed by atoms with Crippen LogP contribution in [0.5, 0.6) is 11.5 Å². The van der Waals surface area contributed by atoms with Gasteiger partial charge in [-0.2, -0.15) is 0 Å². The van der Waals surface area contributed by atoms with E-state index in [4.69, 9.17) is 4.74 Å². The first kappa shape index (κ1) is 23.7. The van der Waals surface area contributed by atoms with Crippen molar-refractivity contribution < 1.29 is 13.9 Å². The summed E-state index contributed by atoms with van der Waals surface area (Å²) in [4.78, 5) is 21.3. The van der Waals surface area contributed by atoms with E-state index < -0.39 is 0 Å². The number of nitrogens with zero attached hydrogens (tertiary/aromatic N) is 3. The Labute approximate surface area is 208 Å². The molecule has 1 fully saturated rings. The van der Waals surface area contributed by atoms with Crippen LogP contribution in [0.25, 0.3) is 11.0 Å². The Morgan fingerprint density at radius 3 is 2.78 bits per heavy atom. The molecule has 9 heteroatoms. The molecule has 1 unspecified atom stereocenters. The van der Waals surface area contributed by atoms with Gasteiger partial charge in [0.1, 0.15) is 23.1 Å². The number of halogens is 1. The molecule has 186 valence electrons. The molecule has 3 N–H and O–H groups in total. The minimum Gasteiger partial charge on any atom is -0.457 e. The fourth-order valence-electron chi connectivity index (χ4n) is 4.26. The van der Waals surface area contributed by atoms with Gasteiger partial charge in [-0.05, 0) is 54.8 Å². The third-order valence-electron chi connectivity index (χ3n) is 6.41. The molecule has 2 aromatic heterocycles. The van der Waals surface area contributed by atoms with Gasteiger partial charge in [0.05, 0.1) is 22.6 Å². The third-order valence-corrected chi connectivity index (χ3v) is 6.41. The summed E-state index contributed by atoms with van der Waals surface area (Å²) >= 11 is 0. The Kier molecular flexibility index (Phi) is 6.56. The minimum atomic E-state index is -0.333. The maximum absolute atomic E-state index is 14.5. The number of aryl methyl sites for hydroxylation is 1. The molecule has 4 aromatic rings. The Morgan fingerprint density at radius 1 is 1.17 bits per heavy atom. The number of benzene rings is 2. The molecule has 0 aliphatic carbocycles. The standard InChI is InChI=1S/C27H29FN6O2/c1-16(2)17-4-6-21(28)22(12-17)31-27-32-23-13-19(5-7-24(23)34(27)3)36-20-9-11-30-25(14-20)33-26(35)18-8-10-29-15-18/h4-7,9,11-14,16,18,29H,8,10,15H2,1-3H3,(H,31,32)(H,30,33,35). The van der Waals surface area contributed by atoms with Gasteiger partial charge in [-0.25, -0.2) is 14.4 Å². The van der Waals surface area contributed by atoms with Crippen molar-refractivity contribution in [1.82, 2.24) is 19.9 Å². The molecular weight excluding hydrogens is 459 g/mol. The second-order valence-corrected chi connectivity index (χ2v) is 9.32. The zero-order valence-electron chi connectivity index (χ0n) is 20.5. The van der Waals surface area contributed by atoms with Gasteiger partial charge in [-0.1, -0.05) is 19.9 Å². The van der Waals surface area contributed by atoms with E-state index in [9.17, 15) is 9.18 Å². The number of pyridine rings is 1. The summed E-state index contributed by atoms with van der Waals surface area (Å²) in [7, 11) is 1.88. The van der Waals surface area contributed by atoms with Gasteiger partial charge in [-0.3, -0.25) is 4.79 Å². The summed E-state index contributed by atoms with van der Waals surface area (Å²) < 4.78 is 22.4. The average Bonchev–Trinajstić information content (AvgIpc) is 3.49. The second kappa shape index (κ2) is 9.94. The molecule has 3 heterocycles. The van der Waals surface area contributed by atoms with Gasteiger partial charge in [0, 0.05) is 31.9 Å². The average molecular weight is 489 g/mol. The molecule has 1 saturated heterocycles. The van der Waals surface area contributed by atoms with Crippen molar-refractivity contribution >= 4 is 34.4 Å². The van der Waals surface area contributed by atoms with Gasteiger partial charge < -0.3 is 25.3 Å². The van der Waals surface area contributed by atoms with E-state index in [-0.39, 0.29) is 23.6 Å². The van der Waals surface area contributed by atoms with E-state index >= 15 is 0 Å². The lowest BCUT2D eigenvalue weighted by molar-refractivity contribution is -0.119. The second-order valence-electron chi connectivity index (χ2n) is 9.32. The highest BCUT2D eigenvalue weighted by molar-refractivity contribution is 5.92. The highest BCUT2D eigenvalue weighted by Crippen LogP contribution is 2.30. The SMILES string of the molecule is CC(C)c1ccc(F)c(Nc2nc3cc(Oc4ccnc(NC(=O)C5CCNC5)c4)ccc3n2C)c1. The fraction of sp³-hybridized carbons (Fsp3) is 0.296. The number of rotatable bonds is 7. The first-order valence-corrected chi connectivity index (χ1v) is 12.1. The molecule has 5 rings (SSSR count). The molecule has 1 atom stereocenters. The lowest BCUT2D eigenvalue weighted by atomic mass is 10.0. The van der Waals surface area contributed by atoms with Crippen molar-refractivity contribution in [2.24, 2.45) is 13.0 Å². The number of aromatic nitrogens is 3. The lowest BCUT2D eigenvalue weighted by Crippen LogP contribution is -2.25. The smallest absolute Gasteiger partial charge is 0.229 e. The predicted octanol–water partition coefficient (Wildman–Crippen LogP) is 5.31. The highest BCUT2D eigenvalue weighted by Gasteiger charge is 2.22. The molecule has 0 radical (unpaired) electrons. The van der Waals surface area contributed by atoms with Crippen LogP contribution in [-0.4, -0.2) is 33.5 Å². The molecule has 36 heavy (non-hydrogen) atoms. The Hall–Kier alpha value is -3.98. The van der Waals surface area contributed by atoms with Crippen LogP contribution in [0.4, 0.5) is 21.8 Å². The molecule has 8 nitrogen and oxygen atoms in total. The summed E-state index contributed by atoms with van der Waals surface area (Å²) in [5.41, 5.74) is 3.00. The fourth-order valence-corrected chi connectivity index (χ4v) is 4.26.